The van der Waals surface area contributed by atoms with Crippen molar-refractivity contribution in [3.63, 3.8) is 0 Å². The number of aromatic nitrogens is 3. The smallest absolute Gasteiger partial charge is 0.272 e. The molecule has 124 valence electrons. The molecule has 1 atom stereocenters. The molecule has 24 heavy (non-hydrogen) atoms. The summed E-state index contributed by atoms with van der Waals surface area (Å²) in [5.74, 6) is 0.858. The Kier molecular flexibility index (Phi) is 4.58. The molecule has 0 bridgehead atoms. The molecule has 0 aromatic carbocycles. The largest absolute Gasteiger partial charge is 0.337 e. The van der Waals surface area contributed by atoms with Gasteiger partial charge in [0.2, 0.25) is 0 Å². The monoisotopic (exact) mass is 324 g/mol. The van der Waals surface area contributed by atoms with Crippen molar-refractivity contribution in [2.45, 2.75) is 13.0 Å². The lowest BCUT2D eigenvalue weighted by Crippen LogP contribution is -2.51. The average Bonchev–Trinajstić information content (AvgIpc) is 3.06. The molecule has 7 heteroatoms. The number of amides is 1. The molecule has 2 aromatic rings. The van der Waals surface area contributed by atoms with E-state index in [1.165, 1.54) is 6.20 Å². The molecule has 0 radical (unpaired) electrons. The van der Waals surface area contributed by atoms with Crippen LogP contribution in [0, 0.1) is 11.3 Å². The van der Waals surface area contributed by atoms with Crippen LogP contribution in [0.3, 0.4) is 0 Å². The molecule has 1 saturated heterocycles. The standard InChI is InChI=1S/C17H20N6O/c1-3-22-8-9-23(12-15(22)16-19-6-7-21(16)2)17(24)14-5-4-13(10-18)11-20-14/h4-7,11,15H,3,8-9,12H2,1-2H3. The van der Waals surface area contributed by atoms with Gasteiger partial charge in [0, 0.05) is 45.3 Å². The zero-order chi connectivity index (χ0) is 17.1. The second-order valence-corrected chi connectivity index (χ2v) is 5.84. The van der Waals surface area contributed by atoms with Gasteiger partial charge in [-0.2, -0.15) is 5.26 Å². The first-order valence-electron chi connectivity index (χ1n) is 8.00. The quantitative estimate of drug-likeness (QED) is 0.848. The molecular weight excluding hydrogens is 304 g/mol. The summed E-state index contributed by atoms with van der Waals surface area (Å²) in [6.45, 7) is 5.08. The maximum absolute atomic E-state index is 12.7. The van der Waals surface area contributed by atoms with Crippen molar-refractivity contribution in [2.75, 3.05) is 26.2 Å². The number of likely N-dealkylation sites (N-methyl/N-ethyl adjacent to an activating group) is 1. The Labute approximate surface area is 141 Å². The minimum Gasteiger partial charge on any atom is -0.337 e. The minimum absolute atomic E-state index is 0.0751. The highest BCUT2D eigenvalue weighted by Crippen LogP contribution is 2.24. The molecule has 1 aliphatic rings. The zero-order valence-corrected chi connectivity index (χ0v) is 13.9. The maximum Gasteiger partial charge on any atom is 0.272 e. The second-order valence-electron chi connectivity index (χ2n) is 5.84. The molecule has 7 nitrogen and oxygen atoms in total. The third-order valence-electron chi connectivity index (χ3n) is 4.45. The van der Waals surface area contributed by atoms with Gasteiger partial charge in [0.25, 0.3) is 5.91 Å². The first-order chi connectivity index (χ1) is 11.6. The number of carbonyl (C=O) groups excluding carboxylic acids is 1. The van der Waals surface area contributed by atoms with Crippen LogP contribution < -0.4 is 0 Å². The number of rotatable bonds is 3. The van der Waals surface area contributed by atoms with E-state index < -0.39 is 0 Å². The summed E-state index contributed by atoms with van der Waals surface area (Å²) >= 11 is 0. The average molecular weight is 324 g/mol. The van der Waals surface area contributed by atoms with Gasteiger partial charge in [0.05, 0.1) is 11.6 Å². The van der Waals surface area contributed by atoms with Crippen molar-refractivity contribution >= 4 is 5.91 Å². The summed E-state index contributed by atoms with van der Waals surface area (Å²) in [6, 6.07) is 5.33. The Balaban J connectivity index is 1.80. The van der Waals surface area contributed by atoms with Gasteiger partial charge in [0.15, 0.2) is 0 Å². The molecular formula is C17H20N6O. The summed E-state index contributed by atoms with van der Waals surface area (Å²) in [7, 11) is 1.97. The molecule has 1 unspecified atom stereocenters. The molecule has 3 rings (SSSR count). The summed E-state index contributed by atoms with van der Waals surface area (Å²) in [5.41, 5.74) is 0.825. The molecule has 0 N–H and O–H groups in total. The van der Waals surface area contributed by atoms with Crippen LogP contribution in [0.4, 0.5) is 0 Å². The van der Waals surface area contributed by atoms with Gasteiger partial charge in [-0.15, -0.1) is 0 Å². The number of hydrogen-bond acceptors (Lipinski definition) is 5. The van der Waals surface area contributed by atoms with Gasteiger partial charge < -0.3 is 9.47 Å². The second kappa shape index (κ2) is 6.81. The summed E-state index contributed by atoms with van der Waals surface area (Å²) in [6.07, 6.45) is 5.14. The Hall–Kier alpha value is -2.72. The molecule has 1 aliphatic heterocycles. The fourth-order valence-corrected chi connectivity index (χ4v) is 3.08. The molecule has 3 heterocycles. The third kappa shape index (κ3) is 3.01. The summed E-state index contributed by atoms with van der Waals surface area (Å²) < 4.78 is 2.00. The van der Waals surface area contributed by atoms with Crippen LogP contribution in [0.15, 0.2) is 30.7 Å². The highest BCUT2D eigenvalue weighted by Gasteiger charge is 2.32. The first-order valence-corrected chi connectivity index (χ1v) is 8.00. The summed E-state index contributed by atoms with van der Waals surface area (Å²) in [5, 5.41) is 8.84. The van der Waals surface area contributed by atoms with Gasteiger partial charge in [-0.05, 0) is 18.7 Å². The van der Waals surface area contributed by atoms with Gasteiger partial charge in [-0.3, -0.25) is 9.69 Å². The normalized spacial score (nSPS) is 18.4. The fraction of sp³-hybridized carbons (Fsp3) is 0.412. The van der Waals surface area contributed by atoms with Crippen LogP contribution >= 0.6 is 0 Å². The van der Waals surface area contributed by atoms with Crippen molar-refractivity contribution in [1.82, 2.24) is 24.3 Å². The number of piperazine rings is 1. The van der Waals surface area contributed by atoms with E-state index in [1.807, 2.05) is 28.8 Å². The zero-order valence-electron chi connectivity index (χ0n) is 13.9. The number of hydrogen-bond donors (Lipinski definition) is 0. The van der Waals surface area contributed by atoms with Crippen LogP contribution in [0.2, 0.25) is 0 Å². The van der Waals surface area contributed by atoms with E-state index in [9.17, 15) is 4.79 Å². The van der Waals surface area contributed by atoms with E-state index in [4.69, 9.17) is 5.26 Å². The SMILES string of the molecule is CCN1CCN(C(=O)c2ccc(C#N)cn2)CC1c1nccn1C. The van der Waals surface area contributed by atoms with E-state index in [0.29, 0.717) is 24.3 Å². The maximum atomic E-state index is 12.7. The summed E-state index contributed by atoms with van der Waals surface area (Å²) in [4.78, 5) is 25.5. The van der Waals surface area contributed by atoms with E-state index in [1.54, 1.807) is 18.3 Å². The molecule has 0 spiro atoms. The molecule has 1 fully saturated rings. The minimum atomic E-state index is -0.102. The lowest BCUT2D eigenvalue weighted by Gasteiger charge is -2.40. The van der Waals surface area contributed by atoms with E-state index in [2.05, 4.69) is 21.8 Å². The lowest BCUT2D eigenvalue weighted by molar-refractivity contribution is 0.0468. The first kappa shape index (κ1) is 16.1. The topological polar surface area (TPSA) is 78.1 Å². The molecule has 1 amide bonds. The predicted octanol–water partition coefficient (Wildman–Crippen LogP) is 1.21. The number of nitrogens with zero attached hydrogens (tertiary/aromatic N) is 6. The van der Waals surface area contributed by atoms with E-state index in [-0.39, 0.29) is 11.9 Å². The molecule has 2 aromatic heterocycles. The fourth-order valence-electron chi connectivity index (χ4n) is 3.08. The van der Waals surface area contributed by atoms with Gasteiger partial charge in [0.1, 0.15) is 17.6 Å². The van der Waals surface area contributed by atoms with Crippen molar-refractivity contribution < 1.29 is 4.79 Å². The third-order valence-corrected chi connectivity index (χ3v) is 4.45. The van der Waals surface area contributed by atoms with Crippen molar-refractivity contribution in [3.05, 3.63) is 47.8 Å². The Morgan fingerprint density at radius 3 is 2.79 bits per heavy atom. The number of aryl methyl sites for hydroxylation is 1. The predicted molar refractivity (Wildman–Crippen MR) is 88.1 cm³/mol. The highest BCUT2D eigenvalue weighted by molar-refractivity contribution is 5.92. The van der Waals surface area contributed by atoms with E-state index >= 15 is 0 Å². The highest BCUT2D eigenvalue weighted by atomic mass is 16.2. The molecule has 0 aliphatic carbocycles. The van der Waals surface area contributed by atoms with Crippen LogP contribution in [0.25, 0.3) is 0 Å². The number of pyridine rings is 1. The number of imidazole rings is 1. The number of nitriles is 1. The lowest BCUT2D eigenvalue weighted by atomic mass is 10.1. The van der Waals surface area contributed by atoms with Crippen LogP contribution in [-0.4, -0.2) is 56.4 Å². The Bertz CT molecular complexity index is 760. The van der Waals surface area contributed by atoms with Crippen molar-refractivity contribution in [2.24, 2.45) is 7.05 Å². The van der Waals surface area contributed by atoms with Gasteiger partial charge in [-0.1, -0.05) is 6.92 Å². The Morgan fingerprint density at radius 1 is 1.38 bits per heavy atom. The Morgan fingerprint density at radius 2 is 2.21 bits per heavy atom. The number of carbonyl (C=O) groups is 1. The van der Waals surface area contributed by atoms with Crippen LogP contribution in [0.5, 0.6) is 0 Å². The van der Waals surface area contributed by atoms with Crippen LogP contribution in [-0.2, 0) is 7.05 Å². The van der Waals surface area contributed by atoms with Crippen LogP contribution in [0.1, 0.15) is 34.8 Å². The van der Waals surface area contributed by atoms with E-state index in [0.717, 1.165) is 18.9 Å². The van der Waals surface area contributed by atoms with Gasteiger partial charge in [-0.25, -0.2) is 9.97 Å². The van der Waals surface area contributed by atoms with Crippen molar-refractivity contribution in [3.8, 4) is 6.07 Å². The van der Waals surface area contributed by atoms with Crippen molar-refractivity contribution in [1.29, 1.82) is 5.26 Å². The van der Waals surface area contributed by atoms with Gasteiger partial charge >= 0.3 is 0 Å². The molecule has 0 saturated carbocycles.